The second-order valence-corrected chi connectivity index (χ2v) is 8.54. The molecule has 0 saturated heterocycles. The average Bonchev–Trinajstić information content (AvgIpc) is 3.39. The maximum atomic E-state index is 13.8. The van der Waals surface area contributed by atoms with E-state index in [4.69, 9.17) is 0 Å². The van der Waals surface area contributed by atoms with Crippen LogP contribution in [0.4, 0.5) is 10.1 Å². The number of hydrogen-bond acceptors (Lipinski definition) is 2. The first-order valence-electron chi connectivity index (χ1n) is 10.0. The molecule has 2 aromatic rings. The molecule has 1 unspecified atom stereocenters. The summed E-state index contributed by atoms with van der Waals surface area (Å²) in [6, 6.07) is 11.5. The number of fused-ring (bicyclic) bond motifs is 2. The van der Waals surface area contributed by atoms with Gasteiger partial charge in [0.1, 0.15) is 5.82 Å². The van der Waals surface area contributed by atoms with Crippen molar-refractivity contribution in [3.8, 4) is 0 Å². The Morgan fingerprint density at radius 3 is 2.70 bits per heavy atom. The molecule has 1 heterocycles. The molecule has 3 nitrogen and oxygen atoms in total. The van der Waals surface area contributed by atoms with E-state index in [1.807, 2.05) is 25.1 Å². The minimum absolute atomic E-state index is 0.0430. The smallest absolute Gasteiger partial charge is 0.251 e. The summed E-state index contributed by atoms with van der Waals surface area (Å²) in [5.74, 6) is -0.141. The van der Waals surface area contributed by atoms with Crippen molar-refractivity contribution in [2.45, 2.75) is 62.9 Å². The summed E-state index contributed by atoms with van der Waals surface area (Å²) < 4.78 is 13.8. The van der Waals surface area contributed by atoms with Gasteiger partial charge < -0.3 is 10.6 Å². The molecule has 0 radical (unpaired) electrons. The zero-order valence-electron chi connectivity index (χ0n) is 15.6. The molecule has 2 aromatic carbocycles. The third kappa shape index (κ3) is 2.91. The quantitative estimate of drug-likeness (QED) is 0.804. The molecule has 0 aromatic heterocycles. The second-order valence-electron chi connectivity index (χ2n) is 8.54. The second kappa shape index (κ2) is 6.08. The maximum absolute atomic E-state index is 13.8. The number of halogens is 1. The highest BCUT2D eigenvalue weighted by Crippen LogP contribution is 2.59. The minimum Gasteiger partial charge on any atom is -0.378 e. The Bertz CT molecular complexity index is 915. The molecule has 3 aliphatic rings. The van der Waals surface area contributed by atoms with E-state index in [0.29, 0.717) is 6.04 Å². The van der Waals surface area contributed by atoms with Crippen LogP contribution in [-0.4, -0.2) is 11.9 Å². The Hall–Kier alpha value is -2.36. The van der Waals surface area contributed by atoms with Gasteiger partial charge in [-0.2, -0.15) is 0 Å². The van der Waals surface area contributed by atoms with Crippen molar-refractivity contribution in [1.82, 2.24) is 5.32 Å². The van der Waals surface area contributed by atoms with E-state index in [9.17, 15) is 9.18 Å². The number of rotatable bonds is 3. The van der Waals surface area contributed by atoms with Crippen LogP contribution in [0.15, 0.2) is 36.4 Å². The van der Waals surface area contributed by atoms with Crippen molar-refractivity contribution < 1.29 is 9.18 Å². The molecule has 4 heteroatoms. The molecule has 2 N–H and O–H groups in total. The van der Waals surface area contributed by atoms with Crippen molar-refractivity contribution in [3.05, 3.63) is 64.5 Å². The molecule has 0 bridgehead atoms. The van der Waals surface area contributed by atoms with Crippen molar-refractivity contribution in [2.24, 2.45) is 0 Å². The Kier molecular flexibility index (Phi) is 3.78. The number of amides is 1. The van der Waals surface area contributed by atoms with Crippen LogP contribution in [0, 0.1) is 12.7 Å². The number of benzene rings is 2. The normalized spacial score (nSPS) is 22.5. The van der Waals surface area contributed by atoms with Gasteiger partial charge in [0.05, 0.1) is 6.04 Å². The summed E-state index contributed by atoms with van der Waals surface area (Å²) in [4.78, 5) is 12.6. The molecule has 2 fully saturated rings. The van der Waals surface area contributed by atoms with E-state index < -0.39 is 0 Å². The summed E-state index contributed by atoms with van der Waals surface area (Å²) in [5.41, 5.74) is 5.40. The van der Waals surface area contributed by atoms with Gasteiger partial charge in [-0.1, -0.05) is 6.07 Å². The Morgan fingerprint density at radius 2 is 2.00 bits per heavy atom. The lowest BCUT2D eigenvalue weighted by atomic mass is 9.80. The van der Waals surface area contributed by atoms with Crippen molar-refractivity contribution >= 4 is 11.6 Å². The highest BCUT2D eigenvalue weighted by Gasteiger charge is 2.50. The van der Waals surface area contributed by atoms with Gasteiger partial charge in [0, 0.05) is 17.3 Å². The predicted molar refractivity (Wildman–Crippen MR) is 105 cm³/mol. The fourth-order valence-electron chi connectivity index (χ4n) is 4.61. The van der Waals surface area contributed by atoms with Gasteiger partial charge in [0.25, 0.3) is 5.91 Å². The number of hydrogen-bond donors (Lipinski definition) is 2. The molecular weight excluding hydrogens is 339 g/mol. The van der Waals surface area contributed by atoms with Gasteiger partial charge in [0.15, 0.2) is 0 Å². The molecule has 5 rings (SSSR count). The lowest BCUT2D eigenvalue weighted by Gasteiger charge is -2.35. The zero-order chi connectivity index (χ0) is 18.6. The third-order valence-corrected chi connectivity index (χ3v) is 6.69. The lowest BCUT2D eigenvalue weighted by Crippen LogP contribution is -2.39. The molecule has 2 aliphatic carbocycles. The molecule has 1 spiro atoms. The third-order valence-electron chi connectivity index (χ3n) is 6.69. The minimum atomic E-state index is -0.184. The Morgan fingerprint density at radius 1 is 1.19 bits per heavy atom. The van der Waals surface area contributed by atoms with Crippen LogP contribution in [0.2, 0.25) is 0 Å². The van der Waals surface area contributed by atoms with Crippen molar-refractivity contribution in [2.75, 3.05) is 5.32 Å². The standard InChI is InChI=1S/C23H25FN2O/c1-14-5-7-16(24)12-18(14)21-13-23(9-10-23)19-11-15(6-8-20(19)26-21)22(27)25-17-3-2-4-17/h5-8,11-12,17,21,26H,2-4,9-10,13H2,1H3,(H,25,27). The van der Waals surface area contributed by atoms with Gasteiger partial charge in [-0.25, -0.2) is 4.39 Å². The van der Waals surface area contributed by atoms with E-state index in [-0.39, 0.29) is 23.2 Å². The molecule has 140 valence electrons. The van der Waals surface area contributed by atoms with Crippen LogP contribution in [0.5, 0.6) is 0 Å². The largest absolute Gasteiger partial charge is 0.378 e. The fourth-order valence-corrected chi connectivity index (χ4v) is 4.61. The van der Waals surface area contributed by atoms with Crippen LogP contribution >= 0.6 is 0 Å². The van der Waals surface area contributed by atoms with Crippen LogP contribution < -0.4 is 10.6 Å². The summed E-state index contributed by atoms with van der Waals surface area (Å²) in [5, 5.41) is 6.74. The fraction of sp³-hybridized carbons (Fsp3) is 0.435. The first-order chi connectivity index (χ1) is 13.0. The number of carbonyl (C=O) groups is 1. The molecule has 1 atom stereocenters. The van der Waals surface area contributed by atoms with Gasteiger partial charge in [-0.15, -0.1) is 0 Å². The van der Waals surface area contributed by atoms with Crippen molar-refractivity contribution in [1.29, 1.82) is 0 Å². The van der Waals surface area contributed by atoms with E-state index >= 15 is 0 Å². The van der Waals surface area contributed by atoms with E-state index in [1.54, 1.807) is 6.07 Å². The summed E-state index contributed by atoms with van der Waals surface area (Å²) >= 11 is 0. The SMILES string of the molecule is Cc1ccc(F)cc1C1CC2(CC2)c2cc(C(=O)NC3CCC3)ccc2N1. The number of anilines is 1. The van der Waals surface area contributed by atoms with E-state index in [0.717, 1.165) is 54.5 Å². The molecule has 1 amide bonds. The predicted octanol–water partition coefficient (Wildman–Crippen LogP) is 5.00. The molecular formula is C23H25FN2O. The first-order valence-corrected chi connectivity index (χ1v) is 10.0. The van der Waals surface area contributed by atoms with Gasteiger partial charge >= 0.3 is 0 Å². The highest BCUT2D eigenvalue weighted by molar-refractivity contribution is 5.95. The van der Waals surface area contributed by atoms with Gasteiger partial charge in [0.2, 0.25) is 0 Å². The maximum Gasteiger partial charge on any atom is 0.251 e. The van der Waals surface area contributed by atoms with Crippen LogP contribution in [0.25, 0.3) is 0 Å². The van der Waals surface area contributed by atoms with Crippen LogP contribution in [0.1, 0.15) is 71.6 Å². The monoisotopic (exact) mass is 364 g/mol. The van der Waals surface area contributed by atoms with Crippen LogP contribution in [-0.2, 0) is 5.41 Å². The summed E-state index contributed by atoms with van der Waals surface area (Å²) in [6.07, 6.45) is 6.63. The Balaban J connectivity index is 1.45. The Labute approximate surface area is 159 Å². The van der Waals surface area contributed by atoms with Gasteiger partial charge in [-0.05, 0) is 97.9 Å². The topological polar surface area (TPSA) is 41.1 Å². The first kappa shape index (κ1) is 16.8. The number of carbonyl (C=O) groups excluding carboxylic acids is 1. The lowest BCUT2D eigenvalue weighted by molar-refractivity contribution is 0.0917. The average molecular weight is 364 g/mol. The zero-order valence-corrected chi connectivity index (χ0v) is 15.6. The van der Waals surface area contributed by atoms with Crippen LogP contribution in [0.3, 0.4) is 0 Å². The van der Waals surface area contributed by atoms with E-state index in [1.165, 1.54) is 18.1 Å². The number of nitrogens with one attached hydrogen (secondary N) is 2. The summed E-state index contributed by atoms with van der Waals surface area (Å²) in [6.45, 7) is 2.04. The molecule has 27 heavy (non-hydrogen) atoms. The molecule has 2 saturated carbocycles. The highest BCUT2D eigenvalue weighted by atomic mass is 19.1. The summed E-state index contributed by atoms with van der Waals surface area (Å²) in [7, 11) is 0. The van der Waals surface area contributed by atoms with Gasteiger partial charge in [-0.3, -0.25) is 4.79 Å². The molecule has 1 aliphatic heterocycles. The number of aryl methyl sites for hydroxylation is 1. The van der Waals surface area contributed by atoms with Crippen molar-refractivity contribution in [3.63, 3.8) is 0 Å². The van der Waals surface area contributed by atoms with E-state index in [2.05, 4.69) is 16.7 Å².